The molecule has 1 unspecified atom stereocenters. The van der Waals surface area contributed by atoms with Crippen molar-refractivity contribution in [2.24, 2.45) is 21.9 Å². The molecule has 4 aliphatic rings. The topological polar surface area (TPSA) is 146 Å². The molecule has 1 aliphatic carbocycles. The molecule has 3 N–H and O–H groups in total. The fourth-order valence-electron chi connectivity index (χ4n) is 9.08. The second kappa shape index (κ2) is 17.8. The van der Waals surface area contributed by atoms with E-state index in [-0.39, 0.29) is 47.9 Å². The quantitative estimate of drug-likeness (QED) is 0.0711. The van der Waals surface area contributed by atoms with E-state index >= 15 is 8.78 Å². The molecule has 61 heavy (non-hydrogen) atoms. The van der Waals surface area contributed by atoms with Gasteiger partial charge in [-0.3, -0.25) is 29.5 Å². The Kier molecular flexibility index (Phi) is 12.1. The van der Waals surface area contributed by atoms with Crippen molar-refractivity contribution in [3.8, 4) is 11.1 Å². The summed E-state index contributed by atoms with van der Waals surface area (Å²) in [5, 5.41) is 6.13. The molecule has 4 amide bonds. The molecule has 14 heteroatoms. The Morgan fingerprint density at radius 3 is 2.38 bits per heavy atom. The van der Waals surface area contributed by atoms with Gasteiger partial charge in [0, 0.05) is 89.1 Å². The second-order valence-electron chi connectivity index (χ2n) is 16.9. The number of fused-ring (bicyclic) bond motifs is 1. The zero-order chi connectivity index (χ0) is 42.8. The number of hydrogen-bond acceptors (Lipinski definition) is 8. The Labute approximate surface area is 354 Å². The molecule has 4 heterocycles. The summed E-state index contributed by atoms with van der Waals surface area (Å²) in [7, 11) is 3.24. The van der Waals surface area contributed by atoms with Crippen molar-refractivity contribution in [3.63, 3.8) is 0 Å². The highest BCUT2D eigenvalue weighted by molar-refractivity contribution is 6.15. The molecule has 0 radical (unpaired) electrons. The number of aromatic nitrogens is 1. The molecule has 8 rings (SSSR count). The lowest BCUT2D eigenvalue weighted by molar-refractivity contribution is -0.134. The highest BCUT2D eigenvalue weighted by Crippen LogP contribution is 2.42. The number of rotatable bonds is 12. The van der Waals surface area contributed by atoms with Crippen LogP contribution in [0.25, 0.3) is 27.6 Å². The normalized spacial score (nSPS) is 19.0. The van der Waals surface area contributed by atoms with E-state index in [4.69, 9.17) is 5.84 Å². The van der Waals surface area contributed by atoms with Gasteiger partial charge in [-0.15, -0.1) is 0 Å². The molecule has 2 saturated heterocycles. The van der Waals surface area contributed by atoms with E-state index in [0.29, 0.717) is 74.7 Å². The first-order valence-corrected chi connectivity index (χ1v) is 21.2. The Hall–Kier alpha value is -6.18. The van der Waals surface area contributed by atoms with Crippen LogP contribution in [0.4, 0.5) is 14.5 Å². The number of nitrogens with zero attached hydrogens (tertiary/aromatic N) is 6. The number of carbonyl (C=O) groups is 4. The summed E-state index contributed by atoms with van der Waals surface area (Å²) in [6.07, 6.45) is 10.3. The molecule has 1 aromatic heterocycles. The van der Waals surface area contributed by atoms with Crippen molar-refractivity contribution in [3.05, 3.63) is 94.7 Å². The van der Waals surface area contributed by atoms with Gasteiger partial charge in [0.15, 0.2) is 0 Å². The number of piperidine rings is 2. The van der Waals surface area contributed by atoms with E-state index in [0.717, 1.165) is 59.2 Å². The molecule has 3 aromatic carbocycles. The monoisotopic (exact) mass is 830 g/mol. The minimum atomic E-state index is -0.554. The molecule has 1 saturated carbocycles. The molecular weight excluding hydrogens is 779 g/mol. The minimum Gasteiger partial charge on any atom is -0.369 e. The van der Waals surface area contributed by atoms with Crippen LogP contribution in [-0.4, -0.2) is 97.2 Å². The van der Waals surface area contributed by atoms with Gasteiger partial charge in [-0.1, -0.05) is 36.4 Å². The van der Waals surface area contributed by atoms with Crippen LogP contribution in [0.1, 0.15) is 90.4 Å². The van der Waals surface area contributed by atoms with Crippen LogP contribution in [0.3, 0.4) is 0 Å². The van der Waals surface area contributed by atoms with Gasteiger partial charge >= 0.3 is 0 Å². The second-order valence-corrected chi connectivity index (χ2v) is 16.9. The van der Waals surface area contributed by atoms with Gasteiger partial charge in [-0.2, -0.15) is 5.10 Å². The number of imide groups is 1. The van der Waals surface area contributed by atoms with Crippen molar-refractivity contribution in [2.75, 3.05) is 51.7 Å². The lowest BCUT2D eigenvalue weighted by Gasteiger charge is -2.34. The molecule has 0 spiro atoms. The van der Waals surface area contributed by atoms with Crippen LogP contribution in [0.2, 0.25) is 0 Å². The Morgan fingerprint density at radius 2 is 1.69 bits per heavy atom. The third kappa shape index (κ3) is 8.85. The largest absolute Gasteiger partial charge is 0.369 e. The first-order chi connectivity index (χ1) is 29.5. The predicted octanol–water partition coefficient (Wildman–Crippen LogP) is 6.62. The van der Waals surface area contributed by atoms with E-state index in [1.54, 1.807) is 32.3 Å². The standard InChI is InChI=1S/C47H52F2N8O4/c1-54(2)47(61)38-25-36(45-37(44(38)49)26-41(57(45)27-29-5-6-29)34-4-3-21-56(28-34)43(59)15-18-51-19-20-52-50)32-9-7-30(8-10-32)31-16-22-55(23-17-31)40-13-11-33(24-39(40)48)35-12-14-42(58)53-46(35)60/h4,7-11,13,19-20,24-26,29,31,35H,3,5-6,12,14-18,21-23,27-28,50H2,1-2H3,(H,53,58,60)/b51-19?,52-20-. The van der Waals surface area contributed by atoms with E-state index in [2.05, 4.69) is 50.3 Å². The summed E-state index contributed by atoms with van der Waals surface area (Å²) in [4.78, 5) is 60.2. The molecule has 0 bridgehead atoms. The average molecular weight is 831 g/mol. The Balaban J connectivity index is 1.05. The van der Waals surface area contributed by atoms with Gasteiger partial charge in [-0.05, 0) is 96.9 Å². The molecule has 4 aromatic rings. The van der Waals surface area contributed by atoms with Crippen LogP contribution in [0, 0.1) is 17.6 Å². The summed E-state index contributed by atoms with van der Waals surface area (Å²) in [6.45, 7) is 3.31. The van der Waals surface area contributed by atoms with Crippen LogP contribution >= 0.6 is 0 Å². The molecule has 12 nitrogen and oxygen atoms in total. The van der Waals surface area contributed by atoms with E-state index < -0.39 is 17.6 Å². The number of hydrogen-bond donors (Lipinski definition) is 2. The van der Waals surface area contributed by atoms with Gasteiger partial charge in [0.25, 0.3) is 5.91 Å². The maximum atomic E-state index is 16.7. The Morgan fingerprint density at radius 1 is 0.934 bits per heavy atom. The summed E-state index contributed by atoms with van der Waals surface area (Å²) in [5.74, 6) is 3.25. The lowest BCUT2D eigenvalue weighted by atomic mass is 9.87. The Bertz CT molecular complexity index is 2440. The predicted molar refractivity (Wildman–Crippen MR) is 234 cm³/mol. The van der Waals surface area contributed by atoms with Gasteiger partial charge in [-0.25, -0.2) is 8.78 Å². The number of benzene rings is 3. The maximum Gasteiger partial charge on any atom is 0.256 e. The van der Waals surface area contributed by atoms with Crippen molar-refractivity contribution >= 4 is 58.2 Å². The van der Waals surface area contributed by atoms with Crippen molar-refractivity contribution in [2.45, 2.75) is 69.7 Å². The SMILES string of the molecule is CN(C)C(=O)c1cc(-c2ccc(C3CCN(c4ccc(C5CCC(=O)NC5=O)cc4F)CC3)cc2)c2c(cc(C3=CCCN(C(=O)CCN=C/C=N\N)C3)n2CC2CC2)c1F. The molecule has 318 valence electrons. The van der Waals surface area contributed by atoms with E-state index in [1.807, 2.05) is 15.9 Å². The third-order valence-corrected chi connectivity index (χ3v) is 12.6. The number of aliphatic imine (C=N–C) groups is 1. The van der Waals surface area contributed by atoms with Gasteiger partial charge in [0.1, 0.15) is 11.6 Å². The summed E-state index contributed by atoms with van der Waals surface area (Å²) >= 11 is 0. The van der Waals surface area contributed by atoms with Crippen LogP contribution in [0.15, 0.2) is 70.8 Å². The van der Waals surface area contributed by atoms with Crippen LogP contribution in [-0.2, 0) is 20.9 Å². The minimum absolute atomic E-state index is 0.00565. The number of anilines is 1. The van der Waals surface area contributed by atoms with E-state index in [9.17, 15) is 19.2 Å². The molecule has 1 atom stereocenters. The highest BCUT2D eigenvalue weighted by Gasteiger charge is 2.32. The smallest absolute Gasteiger partial charge is 0.256 e. The number of amides is 4. The maximum absolute atomic E-state index is 16.7. The number of nitrogens with one attached hydrogen (secondary N) is 1. The first-order valence-electron chi connectivity index (χ1n) is 21.2. The average Bonchev–Trinajstić information content (AvgIpc) is 4.01. The van der Waals surface area contributed by atoms with Crippen molar-refractivity contribution < 1.29 is 28.0 Å². The number of nitrogens with two attached hydrogens (primary N) is 1. The lowest BCUT2D eigenvalue weighted by Crippen LogP contribution is -2.39. The number of halogens is 2. The van der Waals surface area contributed by atoms with Crippen molar-refractivity contribution in [1.82, 2.24) is 19.7 Å². The fraction of sp³-hybridized carbons (Fsp3) is 0.404. The molecule has 3 fully saturated rings. The van der Waals surface area contributed by atoms with E-state index in [1.165, 1.54) is 23.4 Å². The molecule has 3 aliphatic heterocycles. The highest BCUT2D eigenvalue weighted by atomic mass is 19.1. The zero-order valence-corrected chi connectivity index (χ0v) is 34.7. The first kappa shape index (κ1) is 41.5. The van der Waals surface area contributed by atoms with Crippen molar-refractivity contribution in [1.29, 1.82) is 0 Å². The van der Waals surface area contributed by atoms with Gasteiger partial charge < -0.3 is 25.1 Å². The van der Waals surface area contributed by atoms with Gasteiger partial charge in [0.2, 0.25) is 17.7 Å². The zero-order valence-electron chi connectivity index (χ0n) is 34.7. The summed E-state index contributed by atoms with van der Waals surface area (Å²) in [5.41, 5.74) is 6.43. The summed E-state index contributed by atoms with van der Waals surface area (Å²) < 4.78 is 34.4. The van der Waals surface area contributed by atoms with Crippen LogP contribution < -0.4 is 16.1 Å². The van der Waals surface area contributed by atoms with Gasteiger partial charge in [0.05, 0.1) is 28.9 Å². The summed E-state index contributed by atoms with van der Waals surface area (Å²) in [6, 6.07) is 16.9. The molecular formula is C47H52F2N8O4. The number of carbonyl (C=O) groups excluding carboxylic acids is 4. The fourth-order valence-corrected chi connectivity index (χ4v) is 9.08. The number of hydrazone groups is 1. The third-order valence-electron chi connectivity index (χ3n) is 12.6. The van der Waals surface area contributed by atoms with Crippen LogP contribution in [0.5, 0.6) is 0 Å².